The highest BCUT2D eigenvalue weighted by atomic mass is 32.1. The van der Waals surface area contributed by atoms with Gasteiger partial charge in [-0.25, -0.2) is 9.97 Å². The molecule has 94 valence electrons. The molecule has 0 aromatic carbocycles. The Morgan fingerprint density at radius 3 is 2.89 bits per heavy atom. The number of nitrogens with zero attached hydrogens (tertiary/aromatic N) is 2. The zero-order valence-corrected chi connectivity index (χ0v) is 10.8. The normalized spacial score (nSPS) is 10.1. The smallest absolute Gasteiger partial charge is 0.270 e. The highest BCUT2D eigenvalue weighted by molar-refractivity contribution is 7.09. The summed E-state index contributed by atoms with van der Waals surface area (Å²) in [4.78, 5) is 20.0. The molecule has 2 aromatic heterocycles. The van der Waals surface area contributed by atoms with E-state index in [2.05, 4.69) is 20.6 Å². The first-order valence-corrected chi connectivity index (χ1v) is 6.54. The third kappa shape index (κ3) is 3.27. The summed E-state index contributed by atoms with van der Waals surface area (Å²) >= 11 is 1.51. The predicted octanol–water partition coefficient (Wildman–Crippen LogP) is 1.90. The lowest BCUT2D eigenvalue weighted by Gasteiger charge is -2.05. The van der Waals surface area contributed by atoms with Crippen molar-refractivity contribution in [2.75, 3.05) is 11.9 Å². The van der Waals surface area contributed by atoms with E-state index in [1.807, 2.05) is 18.4 Å². The second-order valence-corrected chi connectivity index (χ2v) is 4.55. The molecule has 18 heavy (non-hydrogen) atoms. The van der Waals surface area contributed by atoms with Crippen LogP contribution in [0.25, 0.3) is 0 Å². The number of hydrogen-bond donors (Lipinski definition) is 2. The van der Waals surface area contributed by atoms with Gasteiger partial charge in [-0.3, -0.25) is 4.79 Å². The fourth-order valence-electron chi connectivity index (χ4n) is 1.42. The van der Waals surface area contributed by atoms with Gasteiger partial charge in [0.25, 0.3) is 5.91 Å². The van der Waals surface area contributed by atoms with Gasteiger partial charge in [0.2, 0.25) is 0 Å². The molecule has 0 fully saturated rings. The number of pyridine rings is 1. The Balaban J connectivity index is 1.92. The number of thiazole rings is 1. The van der Waals surface area contributed by atoms with Crippen LogP contribution in [-0.4, -0.2) is 22.4 Å². The molecule has 2 rings (SSSR count). The summed E-state index contributed by atoms with van der Waals surface area (Å²) in [5.74, 6) is -0.187. The van der Waals surface area contributed by atoms with Crippen LogP contribution in [0.2, 0.25) is 0 Å². The van der Waals surface area contributed by atoms with E-state index in [9.17, 15) is 4.79 Å². The molecule has 0 unspecified atom stereocenters. The quantitative estimate of drug-likeness (QED) is 0.863. The SMILES string of the molecule is CCNc1ccc(C(=O)NCc2nccs2)nc1. The summed E-state index contributed by atoms with van der Waals surface area (Å²) in [6.07, 6.45) is 3.37. The molecule has 0 atom stereocenters. The third-order valence-corrected chi connectivity index (χ3v) is 3.04. The van der Waals surface area contributed by atoms with E-state index >= 15 is 0 Å². The molecule has 0 radical (unpaired) electrons. The lowest BCUT2D eigenvalue weighted by molar-refractivity contribution is 0.0946. The van der Waals surface area contributed by atoms with Gasteiger partial charge in [-0.05, 0) is 19.1 Å². The molecular formula is C12H14N4OS. The molecular weight excluding hydrogens is 248 g/mol. The fraction of sp³-hybridized carbons (Fsp3) is 0.250. The van der Waals surface area contributed by atoms with Crippen molar-refractivity contribution in [1.29, 1.82) is 0 Å². The maximum Gasteiger partial charge on any atom is 0.270 e. The summed E-state index contributed by atoms with van der Waals surface area (Å²) in [5, 5.41) is 8.67. The maximum absolute atomic E-state index is 11.8. The van der Waals surface area contributed by atoms with Gasteiger partial charge >= 0.3 is 0 Å². The monoisotopic (exact) mass is 262 g/mol. The average molecular weight is 262 g/mol. The Labute approximate surface area is 109 Å². The van der Waals surface area contributed by atoms with Crippen LogP contribution in [0.3, 0.4) is 0 Å². The lowest BCUT2D eigenvalue weighted by Crippen LogP contribution is -2.23. The van der Waals surface area contributed by atoms with Gasteiger partial charge in [0.05, 0.1) is 18.4 Å². The highest BCUT2D eigenvalue weighted by Crippen LogP contribution is 2.06. The zero-order valence-electron chi connectivity index (χ0n) is 10.0. The van der Waals surface area contributed by atoms with Gasteiger partial charge in [0.1, 0.15) is 10.7 Å². The molecule has 0 saturated carbocycles. The topological polar surface area (TPSA) is 66.9 Å². The first-order chi connectivity index (χ1) is 8.79. The second kappa shape index (κ2) is 6.11. The van der Waals surface area contributed by atoms with Crippen molar-refractivity contribution in [1.82, 2.24) is 15.3 Å². The maximum atomic E-state index is 11.8. The number of anilines is 1. The van der Waals surface area contributed by atoms with Gasteiger partial charge in [0.15, 0.2) is 0 Å². The van der Waals surface area contributed by atoms with Crippen molar-refractivity contribution in [3.8, 4) is 0 Å². The molecule has 5 nitrogen and oxygen atoms in total. The first-order valence-electron chi connectivity index (χ1n) is 5.66. The van der Waals surface area contributed by atoms with Gasteiger partial charge in [-0.2, -0.15) is 0 Å². The van der Waals surface area contributed by atoms with E-state index in [1.165, 1.54) is 11.3 Å². The fourth-order valence-corrected chi connectivity index (χ4v) is 1.98. The van der Waals surface area contributed by atoms with Crippen LogP contribution in [0.5, 0.6) is 0 Å². The number of carbonyl (C=O) groups excluding carboxylic acids is 1. The minimum Gasteiger partial charge on any atom is -0.384 e. The minimum atomic E-state index is -0.187. The van der Waals surface area contributed by atoms with Crippen molar-refractivity contribution in [2.24, 2.45) is 0 Å². The van der Waals surface area contributed by atoms with Gasteiger partial charge < -0.3 is 10.6 Å². The highest BCUT2D eigenvalue weighted by Gasteiger charge is 2.07. The number of aromatic nitrogens is 2. The van der Waals surface area contributed by atoms with Gasteiger partial charge in [-0.1, -0.05) is 0 Å². The number of hydrogen-bond acceptors (Lipinski definition) is 5. The van der Waals surface area contributed by atoms with E-state index in [1.54, 1.807) is 18.5 Å². The zero-order chi connectivity index (χ0) is 12.8. The minimum absolute atomic E-state index is 0.187. The average Bonchev–Trinajstić information content (AvgIpc) is 2.90. The summed E-state index contributed by atoms with van der Waals surface area (Å²) in [6, 6.07) is 3.55. The molecule has 0 aliphatic carbocycles. The Morgan fingerprint density at radius 1 is 1.39 bits per heavy atom. The molecule has 0 aliphatic heterocycles. The molecule has 6 heteroatoms. The summed E-state index contributed by atoms with van der Waals surface area (Å²) < 4.78 is 0. The Morgan fingerprint density at radius 2 is 2.28 bits per heavy atom. The van der Waals surface area contributed by atoms with Crippen molar-refractivity contribution in [3.05, 3.63) is 40.6 Å². The molecule has 2 N–H and O–H groups in total. The largest absolute Gasteiger partial charge is 0.384 e. The molecule has 1 amide bonds. The Hall–Kier alpha value is -1.95. The van der Waals surface area contributed by atoms with Crippen LogP contribution < -0.4 is 10.6 Å². The lowest BCUT2D eigenvalue weighted by atomic mass is 10.3. The van der Waals surface area contributed by atoms with E-state index < -0.39 is 0 Å². The molecule has 0 spiro atoms. The van der Waals surface area contributed by atoms with Crippen LogP contribution in [0, 0.1) is 0 Å². The third-order valence-electron chi connectivity index (χ3n) is 2.26. The number of carbonyl (C=O) groups is 1. The van der Waals surface area contributed by atoms with Crippen molar-refractivity contribution >= 4 is 22.9 Å². The second-order valence-electron chi connectivity index (χ2n) is 3.57. The first kappa shape index (κ1) is 12.5. The molecule has 0 aliphatic rings. The molecule has 0 bridgehead atoms. The molecule has 2 aromatic rings. The number of amides is 1. The van der Waals surface area contributed by atoms with Crippen molar-refractivity contribution in [3.63, 3.8) is 0 Å². The van der Waals surface area contributed by atoms with Crippen LogP contribution >= 0.6 is 11.3 Å². The van der Waals surface area contributed by atoms with Crippen molar-refractivity contribution in [2.45, 2.75) is 13.5 Å². The van der Waals surface area contributed by atoms with Gasteiger partial charge in [-0.15, -0.1) is 11.3 Å². The van der Waals surface area contributed by atoms with Crippen molar-refractivity contribution < 1.29 is 4.79 Å². The van der Waals surface area contributed by atoms with Gasteiger partial charge in [0, 0.05) is 18.1 Å². The number of rotatable bonds is 5. The summed E-state index contributed by atoms with van der Waals surface area (Å²) in [5.41, 5.74) is 1.32. The van der Waals surface area contributed by atoms with E-state index in [0.717, 1.165) is 17.2 Å². The van der Waals surface area contributed by atoms with Crippen LogP contribution in [0.15, 0.2) is 29.9 Å². The van der Waals surface area contributed by atoms with E-state index in [0.29, 0.717) is 12.2 Å². The molecule has 0 saturated heterocycles. The van der Waals surface area contributed by atoms with Crippen LogP contribution in [-0.2, 0) is 6.54 Å². The standard InChI is InChI=1S/C12H14N4OS/c1-2-13-9-3-4-10(15-7-9)12(17)16-8-11-14-5-6-18-11/h3-7,13H,2,8H2,1H3,(H,16,17). The summed E-state index contributed by atoms with van der Waals surface area (Å²) in [6.45, 7) is 3.28. The Bertz CT molecular complexity index is 495. The summed E-state index contributed by atoms with van der Waals surface area (Å²) in [7, 11) is 0. The van der Waals surface area contributed by atoms with E-state index in [4.69, 9.17) is 0 Å². The van der Waals surface area contributed by atoms with E-state index in [-0.39, 0.29) is 5.91 Å². The predicted molar refractivity (Wildman–Crippen MR) is 71.7 cm³/mol. The Kier molecular flexibility index (Phi) is 4.25. The van der Waals surface area contributed by atoms with Crippen LogP contribution in [0.4, 0.5) is 5.69 Å². The van der Waals surface area contributed by atoms with Crippen LogP contribution in [0.1, 0.15) is 22.4 Å². The number of nitrogens with one attached hydrogen (secondary N) is 2. The molecule has 2 heterocycles.